The molecule has 0 aliphatic heterocycles. The van der Waals surface area contributed by atoms with Crippen LogP contribution in [0.4, 0.5) is 5.69 Å². The number of amides is 1. The summed E-state index contributed by atoms with van der Waals surface area (Å²) in [5.74, 6) is 0.131. The largest absolute Gasteiger partial charge is 0.409 e. The molecule has 5 nitrogen and oxygen atoms in total. The van der Waals surface area contributed by atoms with Gasteiger partial charge >= 0.3 is 0 Å². The predicted octanol–water partition coefficient (Wildman–Crippen LogP) is 1.79. The summed E-state index contributed by atoms with van der Waals surface area (Å²) in [7, 11) is 1.72. The van der Waals surface area contributed by atoms with Gasteiger partial charge in [0, 0.05) is 18.5 Å². The SMILES string of the molecule is CN(C(=O)C1CC1(C)C)c1ccccc1/C(N)=N/O. The van der Waals surface area contributed by atoms with E-state index in [1.807, 2.05) is 6.07 Å². The fraction of sp³-hybridized carbons (Fsp3) is 0.429. The summed E-state index contributed by atoms with van der Waals surface area (Å²) in [6, 6.07) is 7.13. The Morgan fingerprint density at radius 3 is 2.58 bits per heavy atom. The minimum absolute atomic E-state index is 0.00491. The maximum absolute atomic E-state index is 12.4. The van der Waals surface area contributed by atoms with E-state index >= 15 is 0 Å². The average Bonchev–Trinajstić information content (AvgIpc) is 3.05. The molecule has 19 heavy (non-hydrogen) atoms. The van der Waals surface area contributed by atoms with Gasteiger partial charge in [0.25, 0.3) is 0 Å². The number of anilines is 1. The van der Waals surface area contributed by atoms with Gasteiger partial charge in [0.15, 0.2) is 5.84 Å². The number of rotatable bonds is 3. The lowest BCUT2D eigenvalue weighted by Gasteiger charge is -2.21. The summed E-state index contributed by atoms with van der Waals surface area (Å²) in [4.78, 5) is 14.0. The van der Waals surface area contributed by atoms with Crippen molar-refractivity contribution in [2.24, 2.45) is 22.2 Å². The third-order valence-corrected chi connectivity index (χ3v) is 3.79. The molecule has 1 amide bonds. The number of hydrogen-bond donors (Lipinski definition) is 2. The number of oxime groups is 1. The van der Waals surface area contributed by atoms with Crippen molar-refractivity contribution in [2.75, 3.05) is 11.9 Å². The Bertz CT molecular complexity index is 537. The second-order valence-electron chi connectivity index (χ2n) is 5.64. The first kappa shape index (κ1) is 13.4. The van der Waals surface area contributed by atoms with Gasteiger partial charge in [-0.3, -0.25) is 4.79 Å². The van der Waals surface area contributed by atoms with Crippen molar-refractivity contribution < 1.29 is 10.0 Å². The Balaban J connectivity index is 2.29. The molecule has 1 unspecified atom stereocenters. The summed E-state index contributed by atoms with van der Waals surface area (Å²) < 4.78 is 0. The highest BCUT2D eigenvalue weighted by Gasteiger charge is 2.51. The number of nitrogens with two attached hydrogens (primary N) is 1. The number of benzene rings is 1. The van der Waals surface area contributed by atoms with Crippen LogP contribution in [0.1, 0.15) is 25.8 Å². The molecule has 1 aromatic carbocycles. The molecule has 0 bridgehead atoms. The van der Waals surface area contributed by atoms with Gasteiger partial charge in [0.2, 0.25) is 5.91 Å². The molecule has 0 saturated heterocycles. The lowest BCUT2D eigenvalue weighted by molar-refractivity contribution is -0.120. The highest BCUT2D eigenvalue weighted by atomic mass is 16.4. The average molecular weight is 261 g/mol. The highest BCUT2D eigenvalue weighted by Crippen LogP contribution is 2.52. The van der Waals surface area contributed by atoms with Gasteiger partial charge in [-0.15, -0.1) is 0 Å². The highest BCUT2D eigenvalue weighted by molar-refractivity contribution is 6.07. The van der Waals surface area contributed by atoms with E-state index in [-0.39, 0.29) is 23.1 Å². The first-order valence-corrected chi connectivity index (χ1v) is 6.23. The molecule has 0 spiro atoms. The Morgan fingerprint density at radius 2 is 2.05 bits per heavy atom. The molecular weight excluding hydrogens is 242 g/mol. The lowest BCUT2D eigenvalue weighted by atomic mass is 10.1. The molecule has 1 saturated carbocycles. The fourth-order valence-electron chi connectivity index (χ4n) is 2.28. The minimum Gasteiger partial charge on any atom is -0.409 e. The molecule has 3 N–H and O–H groups in total. The van der Waals surface area contributed by atoms with Crippen LogP contribution in [0.15, 0.2) is 29.4 Å². The third kappa shape index (κ3) is 2.41. The van der Waals surface area contributed by atoms with Gasteiger partial charge in [-0.25, -0.2) is 0 Å². The topological polar surface area (TPSA) is 78.9 Å². The first-order valence-electron chi connectivity index (χ1n) is 6.23. The molecule has 102 valence electrons. The second-order valence-corrected chi connectivity index (χ2v) is 5.64. The zero-order valence-electron chi connectivity index (χ0n) is 11.4. The first-order chi connectivity index (χ1) is 8.88. The van der Waals surface area contributed by atoms with Crippen LogP contribution < -0.4 is 10.6 Å². The van der Waals surface area contributed by atoms with Gasteiger partial charge in [-0.2, -0.15) is 0 Å². The molecule has 1 atom stereocenters. The molecule has 1 fully saturated rings. The van der Waals surface area contributed by atoms with Crippen LogP contribution in [0.5, 0.6) is 0 Å². The number of carbonyl (C=O) groups is 1. The van der Waals surface area contributed by atoms with E-state index in [1.165, 1.54) is 0 Å². The lowest BCUT2D eigenvalue weighted by Crippen LogP contribution is -2.31. The van der Waals surface area contributed by atoms with Crippen molar-refractivity contribution in [3.05, 3.63) is 29.8 Å². The van der Waals surface area contributed by atoms with Gasteiger partial charge in [0.05, 0.1) is 5.69 Å². The Labute approximate surface area is 112 Å². The molecule has 1 aliphatic carbocycles. The van der Waals surface area contributed by atoms with Crippen molar-refractivity contribution in [2.45, 2.75) is 20.3 Å². The van der Waals surface area contributed by atoms with Crippen LogP contribution in [0, 0.1) is 11.3 Å². The molecule has 0 heterocycles. The van der Waals surface area contributed by atoms with E-state index in [1.54, 1.807) is 30.1 Å². The second kappa shape index (κ2) is 4.57. The van der Waals surface area contributed by atoms with Gasteiger partial charge in [-0.05, 0) is 24.0 Å². The van der Waals surface area contributed by atoms with Gasteiger partial charge in [-0.1, -0.05) is 31.1 Å². The van der Waals surface area contributed by atoms with Crippen LogP contribution in [-0.2, 0) is 4.79 Å². The number of nitrogens with zero attached hydrogens (tertiary/aromatic N) is 2. The molecule has 5 heteroatoms. The number of amidine groups is 1. The molecular formula is C14H19N3O2. The fourth-order valence-corrected chi connectivity index (χ4v) is 2.28. The molecule has 1 aliphatic rings. The molecule has 0 radical (unpaired) electrons. The zero-order chi connectivity index (χ0) is 14.2. The number of para-hydroxylation sites is 1. The monoisotopic (exact) mass is 261 g/mol. The van der Waals surface area contributed by atoms with Crippen molar-refractivity contribution in [1.29, 1.82) is 0 Å². The standard InChI is InChI=1S/C14H19N3O2/c1-14(2)8-10(14)13(18)17(3)11-7-5-4-6-9(11)12(15)16-19/h4-7,10,19H,8H2,1-3H3,(H2,15,16). The van der Waals surface area contributed by atoms with Crippen molar-refractivity contribution in [3.63, 3.8) is 0 Å². The van der Waals surface area contributed by atoms with Gasteiger partial charge in [0.1, 0.15) is 0 Å². The summed E-state index contributed by atoms with van der Waals surface area (Å²) >= 11 is 0. The van der Waals surface area contributed by atoms with Crippen molar-refractivity contribution in [1.82, 2.24) is 0 Å². The maximum Gasteiger partial charge on any atom is 0.230 e. The summed E-state index contributed by atoms with van der Waals surface area (Å²) in [6.45, 7) is 4.16. The summed E-state index contributed by atoms with van der Waals surface area (Å²) in [5.41, 5.74) is 6.93. The van der Waals surface area contributed by atoms with Gasteiger partial charge < -0.3 is 15.8 Å². The van der Waals surface area contributed by atoms with E-state index in [4.69, 9.17) is 10.9 Å². The quantitative estimate of drug-likeness (QED) is 0.377. The predicted molar refractivity (Wildman–Crippen MR) is 74.3 cm³/mol. The Hall–Kier alpha value is -2.04. The number of hydrogen-bond acceptors (Lipinski definition) is 3. The normalized spacial score (nSPS) is 21.0. The third-order valence-electron chi connectivity index (χ3n) is 3.79. The van der Waals surface area contributed by atoms with E-state index in [2.05, 4.69) is 19.0 Å². The van der Waals surface area contributed by atoms with Crippen LogP contribution in [0.3, 0.4) is 0 Å². The van der Waals surface area contributed by atoms with Crippen LogP contribution in [0.25, 0.3) is 0 Å². The van der Waals surface area contributed by atoms with E-state index in [9.17, 15) is 4.79 Å². The van der Waals surface area contributed by atoms with E-state index in [0.29, 0.717) is 11.3 Å². The summed E-state index contributed by atoms with van der Waals surface area (Å²) in [6.07, 6.45) is 0.905. The smallest absolute Gasteiger partial charge is 0.230 e. The van der Waals surface area contributed by atoms with Crippen molar-refractivity contribution in [3.8, 4) is 0 Å². The minimum atomic E-state index is 0.00491. The van der Waals surface area contributed by atoms with Crippen LogP contribution in [0.2, 0.25) is 0 Å². The Kier molecular flexibility index (Phi) is 3.22. The van der Waals surface area contributed by atoms with Crippen molar-refractivity contribution >= 4 is 17.4 Å². The number of carbonyl (C=O) groups excluding carboxylic acids is 1. The van der Waals surface area contributed by atoms with Crippen LogP contribution in [-0.4, -0.2) is 24.0 Å². The molecule has 0 aromatic heterocycles. The maximum atomic E-state index is 12.4. The Morgan fingerprint density at radius 1 is 1.47 bits per heavy atom. The molecule has 2 rings (SSSR count). The molecule has 1 aromatic rings. The van der Waals surface area contributed by atoms with E-state index < -0.39 is 0 Å². The van der Waals surface area contributed by atoms with E-state index in [0.717, 1.165) is 6.42 Å². The summed E-state index contributed by atoms with van der Waals surface area (Å²) in [5, 5.41) is 11.8. The van der Waals surface area contributed by atoms with Crippen LogP contribution >= 0.6 is 0 Å². The zero-order valence-corrected chi connectivity index (χ0v) is 11.4.